The number of nitrogens with zero attached hydrogens (tertiary/aromatic N) is 3. The summed E-state index contributed by atoms with van der Waals surface area (Å²) in [5.74, 6) is 0.848. The van der Waals surface area contributed by atoms with E-state index >= 15 is 0 Å². The lowest BCUT2D eigenvalue weighted by Gasteiger charge is -2.46. The van der Waals surface area contributed by atoms with Gasteiger partial charge in [-0.15, -0.1) is 0 Å². The molecule has 2 aliphatic rings. The molecule has 106 valence electrons. The summed E-state index contributed by atoms with van der Waals surface area (Å²) >= 11 is 0. The molecule has 2 atom stereocenters. The molecule has 2 aliphatic heterocycles. The molecule has 0 saturated carbocycles. The lowest BCUT2D eigenvalue weighted by Crippen LogP contribution is -2.52. The normalized spacial score (nSPS) is 27.8. The van der Waals surface area contributed by atoms with E-state index in [1.165, 1.54) is 44.5 Å². The number of benzene rings is 1. The third kappa shape index (κ3) is 2.87. The molecule has 2 saturated heterocycles. The summed E-state index contributed by atoms with van der Waals surface area (Å²) in [6.45, 7) is 4.73. The Kier molecular flexibility index (Phi) is 4.05. The van der Waals surface area contributed by atoms with Crippen molar-refractivity contribution in [3.05, 3.63) is 35.4 Å². The molecule has 0 bridgehead atoms. The van der Waals surface area contributed by atoms with Crippen molar-refractivity contribution in [2.24, 2.45) is 5.92 Å². The fourth-order valence-electron chi connectivity index (χ4n) is 3.81. The summed E-state index contributed by atoms with van der Waals surface area (Å²) < 4.78 is 0. The van der Waals surface area contributed by atoms with Crippen molar-refractivity contribution in [2.45, 2.75) is 31.8 Å². The minimum atomic E-state index is 0.751. The smallest absolute Gasteiger partial charge is 0.0991 e. The molecule has 0 amide bonds. The van der Waals surface area contributed by atoms with Crippen molar-refractivity contribution in [2.75, 3.05) is 26.7 Å². The first-order valence-corrected chi connectivity index (χ1v) is 7.68. The van der Waals surface area contributed by atoms with Gasteiger partial charge in [-0.25, -0.2) is 0 Å². The molecule has 0 N–H and O–H groups in total. The number of rotatable bonds is 2. The van der Waals surface area contributed by atoms with E-state index in [2.05, 4.69) is 35.0 Å². The Morgan fingerprint density at radius 2 is 2.00 bits per heavy atom. The van der Waals surface area contributed by atoms with Gasteiger partial charge in [-0.05, 0) is 63.0 Å². The summed E-state index contributed by atoms with van der Waals surface area (Å²) in [6.07, 6.45) is 4.04. The van der Waals surface area contributed by atoms with Crippen molar-refractivity contribution in [3.63, 3.8) is 0 Å². The van der Waals surface area contributed by atoms with Crippen molar-refractivity contribution >= 4 is 0 Å². The molecule has 2 unspecified atom stereocenters. The van der Waals surface area contributed by atoms with Gasteiger partial charge in [-0.1, -0.05) is 12.1 Å². The quantitative estimate of drug-likeness (QED) is 0.826. The third-order valence-corrected chi connectivity index (χ3v) is 4.92. The third-order valence-electron chi connectivity index (χ3n) is 4.92. The maximum absolute atomic E-state index is 8.84. The van der Waals surface area contributed by atoms with Gasteiger partial charge in [-0.2, -0.15) is 5.26 Å². The number of hydrogen-bond donors (Lipinski definition) is 0. The lowest BCUT2D eigenvalue weighted by molar-refractivity contribution is 0.0355. The maximum atomic E-state index is 8.84. The van der Waals surface area contributed by atoms with Crippen molar-refractivity contribution in [1.29, 1.82) is 5.26 Å². The van der Waals surface area contributed by atoms with Gasteiger partial charge >= 0.3 is 0 Å². The van der Waals surface area contributed by atoms with Crippen LogP contribution in [0.4, 0.5) is 0 Å². The van der Waals surface area contributed by atoms with Gasteiger partial charge < -0.3 is 4.90 Å². The van der Waals surface area contributed by atoms with Crippen molar-refractivity contribution in [3.8, 4) is 6.07 Å². The van der Waals surface area contributed by atoms with Gasteiger partial charge in [0, 0.05) is 19.1 Å². The fourth-order valence-corrected chi connectivity index (χ4v) is 3.81. The average Bonchev–Trinajstić information content (AvgIpc) is 2.48. The molecule has 3 heteroatoms. The molecule has 2 heterocycles. The lowest BCUT2D eigenvalue weighted by atomic mass is 9.84. The molecule has 0 spiro atoms. The minimum absolute atomic E-state index is 0.751. The zero-order chi connectivity index (χ0) is 13.9. The van der Waals surface area contributed by atoms with E-state index in [1.54, 1.807) is 0 Å². The largest absolute Gasteiger partial charge is 0.303 e. The standard InChI is InChI=1S/C17H23N3/c1-19-9-2-3-16-13-20(10-8-17(16)19)12-15-6-4-14(11-18)5-7-15/h4-7,16-17H,2-3,8-10,12-13H2,1H3. The van der Waals surface area contributed by atoms with Gasteiger partial charge in [0.2, 0.25) is 0 Å². The molecular formula is C17H23N3. The van der Waals surface area contributed by atoms with E-state index < -0.39 is 0 Å². The van der Waals surface area contributed by atoms with Crippen LogP contribution in [0.15, 0.2) is 24.3 Å². The predicted octanol–water partition coefficient (Wildman–Crippen LogP) is 2.47. The van der Waals surface area contributed by atoms with Crippen LogP contribution in [0.25, 0.3) is 0 Å². The molecule has 0 aromatic heterocycles. The van der Waals surface area contributed by atoms with E-state index in [1.807, 2.05) is 12.1 Å². The maximum Gasteiger partial charge on any atom is 0.0991 e. The summed E-state index contributed by atoms with van der Waals surface area (Å²) in [5.41, 5.74) is 2.08. The van der Waals surface area contributed by atoms with Crippen LogP contribution < -0.4 is 0 Å². The van der Waals surface area contributed by atoms with Crippen molar-refractivity contribution < 1.29 is 0 Å². The molecular weight excluding hydrogens is 246 g/mol. The summed E-state index contributed by atoms with van der Waals surface area (Å²) in [5, 5.41) is 8.84. The Morgan fingerprint density at radius 1 is 1.20 bits per heavy atom. The number of nitriles is 1. The van der Waals surface area contributed by atoms with Gasteiger partial charge in [0.05, 0.1) is 11.6 Å². The average molecular weight is 269 g/mol. The highest BCUT2D eigenvalue weighted by Gasteiger charge is 2.33. The Balaban J connectivity index is 1.60. The zero-order valence-corrected chi connectivity index (χ0v) is 12.3. The van der Waals surface area contributed by atoms with E-state index in [-0.39, 0.29) is 0 Å². The first kappa shape index (κ1) is 13.6. The number of likely N-dealkylation sites (tertiary alicyclic amines) is 2. The van der Waals surface area contributed by atoms with Crippen LogP contribution in [0, 0.1) is 17.2 Å². The van der Waals surface area contributed by atoms with Gasteiger partial charge in [0.15, 0.2) is 0 Å². The SMILES string of the molecule is CN1CCCC2CN(Cc3ccc(C#N)cc3)CCC21. The topological polar surface area (TPSA) is 30.3 Å². The van der Waals surface area contributed by atoms with E-state index in [0.29, 0.717) is 0 Å². The fraction of sp³-hybridized carbons (Fsp3) is 0.588. The Bertz CT molecular complexity index is 488. The highest BCUT2D eigenvalue weighted by Crippen LogP contribution is 2.30. The number of fused-ring (bicyclic) bond motifs is 1. The second-order valence-electron chi connectivity index (χ2n) is 6.28. The molecule has 1 aromatic rings. The molecule has 3 rings (SSSR count). The van der Waals surface area contributed by atoms with Crippen LogP contribution in [0.5, 0.6) is 0 Å². The van der Waals surface area contributed by atoms with E-state index in [9.17, 15) is 0 Å². The van der Waals surface area contributed by atoms with E-state index in [4.69, 9.17) is 5.26 Å². The molecule has 2 fully saturated rings. The van der Waals surface area contributed by atoms with Crippen LogP contribution in [-0.4, -0.2) is 42.5 Å². The van der Waals surface area contributed by atoms with Crippen LogP contribution in [0.3, 0.4) is 0 Å². The van der Waals surface area contributed by atoms with Crippen LogP contribution >= 0.6 is 0 Å². The van der Waals surface area contributed by atoms with Gasteiger partial charge in [0.1, 0.15) is 0 Å². The second kappa shape index (κ2) is 5.95. The Morgan fingerprint density at radius 3 is 2.75 bits per heavy atom. The molecule has 0 aliphatic carbocycles. The monoisotopic (exact) mass is 269 g/mol. The first-order valence-electron chi connectivity index (χ1n) is 7.68. The Hall–Kier alpha value is -1.37. The second-order valence-corrected chi connectivity index (χ2v) is 6.28. The number of piperidine rings is 2. The summed E-state index contributed by atoms with van der Waals surface area (Å²) in [7, 11) is 2.28. The first-order chi connectivity index (χ1) is 9.76. The van der Waals surface area contributed by atoms with Crippen LogP contribution in [0.2, 0.25) is 0 Å². The zero-order valence-electron chi connectivity index (χ0n) is 12.3. The van der Waals surface area contributed by atoms with Crippen LogP contribution in [-0.2, 0) is 6.54 Å². The summed E-state index contributed by atoms with van der Waals surface area (Å²) in [6, 6.07) is 11.0. The predicted molar refractivity (Wildman–Crippen MR) is 80.2 cm³/mol. The highest BCUT2D eigenvalue weighted by atomic mass is 15.2. The van der Waals surface area contributed by atoms with Crippen molar-refractivity contribution in [1.82, 2.24) is 9.80 Å². The van der Waals surface area contributed by atoms with Gasteiger partial charge in [-0.3, -0.25) is 4.90 Å². The molecule has 1 aromatic carbocycles. The number of hydrogen-bond acceptors (Lipinski definition) is 3. The highest BCUT2D eigenvalue weighted by molar-refractivity contribution is 5.31. The van der Waals surface area contributed by atoms with Gasteiger partial charge in [0.25, 0.3) is 0 Å². The molecule has 3 nitrogen and oxygen atoms in total. The van der Waals surface area contributed by atoms with E-state index in [0.717, 1.165) is 24.1 Å². The molecule has 20 heavy (non-hydrogen) atoms. The summed E-state index contributed by atoms with van der Waals surface area (Å²) in [4.78, 5) is 5.15. The van der Waals surface area contributed by atoms with Crippen LogP contribution in [0.1, 0.15) is 30.4 Å². The molecule has 0 radical (unpaired) electrons. The Labute approximate surface area is 121 Å². The minimum Gasteiger partial charge on any atom is -0.303 e.